The fourth-order valence-corrected chi connectivity index (χ4v) is 5.91. The lowest BCUT2D eigenvalue weighted by Gasteiger charge is -2.31. The number of anilines is 1. The predicted molar refractivity (Wildman–Crippen MR) is 136 cm³/mol. The summed E-state index contributed by atoms with van der Waals surface area (Å²) in [7, 11) is -2.33. The topological polar surface area (TPSA) is 115 Å². The summed E-state index contributed by atoms with van der Waals surface area (Å²) in [6, 6.07) is 11.8. The lowest BCUT2D eigenvalue weighted by Crippen LogP contribution is -2.43. The van der Waals surface area contributed by atoms with E-state index < -0.39 is 15.9 Å². The summed E-state index contributed by atoms with van der Waals surface area (Å²) >= 11 is 6.13. The Kier molecular flexibility index (Phi) is 7.97. The second kappa shape index (κ2) is 11.0. The largest absolute Gasteiger partial charge is 0.495 e. The summed E-state index contributed by atoms with van der Waals surface area (Å²) in [5.74, 6) is 1.11. The number of carbonyl (C=O) groups excluding carboxylic acids is 1. The van der Waals surface area contributed by atoms with Gasteiger partial charge in [0, 0.05) is 31.1 Å². The Labute approximate surface area is 215 Å². The first-order valence-corrected chi connectivity index (χ1v) is 13.5. The van der Waals surface area contributed by atoms with Crippen LogP contribution in [0, 0.1) is 5.92 Å². The normalized spacial score (nSPS) is 16.8. The molecule has 1 atom stereocenters. The number of methoxy groups -OCH3 is 1. The smallest absolute Gasteiger partial charge is 0.243 e. The van der Waals surface area contributed by atoms with Gasteiger partial charge in [-0.15, -0.1) is 0 Å². The van der Waals surface area contributed by atoms with Crippen molar-refractivity contribution in [2.45, 2.75) is 43.9 Å². The lowest BCUT2D eigenvalue weighted by atomic mass is 9.98. The highest BCUT2D eigenvalue weighted by Gasteiger charge is 2.33. The number of hydrogen-bond donors (Lipinski definition) is 1. The van der Waals surface area contributed by atoms with Crippen molar-refractivity contribution in [1.82, 2.24) is 14.4 Å². The molecule has 0 aliphatic carbocycles. The van der Waals surface area contributed by atoms with Crippen LogP contribution in [0.2, 0.25) is 5.02 Å². The van der Waals surface area contributed by atoms with Gasteiger partial charge >= 0.3 is 0 Å². The second-order valence-electron chi connectivity index (χ2n) is 9.07. The molecule has 0 radical (unpaired) electrons. The Morgan fingerprint density at radius 2 is 2.00 bits per heavy atom. The molecule has 0 unspecified atom stereocenters. The number of halogens is 1. The van der Waals surface area contributed by atoms with Gasteiger partial charge in [0.05, 0.1) is 22.9 Å². The number of amides is 1. The summed E-state index contributed by atoms with van der Waals surface area (Å²) in [4.78, 5) is 17.4. The molecule has 36 heavy (non-hydrogen) atoms. The third kappa shape index (κ3) is 5.88. The van der Waals surface area contributed by atoms with Crippen molar-refractivity contribution in [3.63, 3.8) is 0 Å². The second-order valence-corrected chi connectivity index (χ2v) is 11.4. The van der Waals surface area contributed by atoms with Crippen molar-refractivity contribution in [1.29, 1.82) is 0 Å². The molecule has 11 heteroatoms. The molecule has 1 fully saturated rings. The summed E-state index contributed by atoms with van der Waals surface area (Å²) in [6.07, 6.45) is 1.72. The molecular weight excluding hydrogens is 504 g/mol. The first kappa shape index (κ1) is 26.1. The van der Waals surface area contributed by atoms with Gasteiger partial charge in [-0.3, -0.25) is 4.79 Å². The van der Waals surface area contributed by atoms with Gasteiger partial charge in [0.1, 0.15) is 5.75 Å². The molecule has 2 heterocycles. The average molecular weight is 533 g/mol. The molecule has 1 aliphatic rings. The van der Waals surface area contributed by atoms with Crippen molar-refractivity contribution in [3.8, 4) is 5.75 Å². The molecule has 0 spiro atoms. The number of ether oxygens (including phenoxy) is 1. The number of aromatic nitrogens is 2. The van der Waals surface area contributed by atoms with Gasteiger partial charge in [-0.05, 0) is 48.7 Å². The van der Waals surface area contributed by atoms with Crippen LogP contribution in [0.1, 0.15) is 49.9 Å². The number of nitrogens with zero attached hydrogens (tertiary/aromatic N) is 3. The van der Waals surface area contributed by atoms with Crippen LogP contribution in [0.25, 0.3) is 0 Å². The summed E-state index contributed by atoms with van der Waals surface area (Å²) in [5, 5.41) is 7.13. The third-order valence-corrected chi connectivity index (χ3v) is 8.23. The Balaban J connectivity index is 1.38. The average Bonchev–Trinajstić information content (AvgIpc) is 3.34. The van der Waals surface area contributed by atoms with E-state index in [4.69, 9.17) is 20.9 Å². The number of carbonyl (C=O) groups is 1. The van der Waals surface area contributed by atoms with Crippen molar-refractivity contribution in [2.75, 3.05) is 25.5 Å². The molecule has 1 amide bonds. The van der Waals surface area contributed by atoms with Crippen LogP contribution in [0.5, 0.6) is 5.75 Å². The van der Waals surface area contributed by atoms with Crippen LogP contribution in [0.4, 0.5) is 5.69 Å². The van der Waals surface area contributed by atoms with Crippen LogP contribution in [-0.4, -0.2) is 49.0 Å². The molecule has 192 valence electrons. The summed E-state index contributed by atoms with van der Waals surface area (Å²) in [5.41, 5.74) is 1.62. The van der Waals surface area contributed by atoms with E-state index in [1.54, 1.807) is 0 Å². The minimum absolute atomic E-state index is 0.0760. The number of piperidine rings is 1. The monoisotopic (exact) mass is 532 g/mol. The number of benzene rings is 2. The van der Waals surface area contributed by atoms with E-state index >= 15 is 0 Å². The zero-order valence-corrected chi connectivity index (χ0v) is 22.0. The Bertz CT molecular complexity index is 1320. The van der Waals surface area contributed by atoms with E-state index in [1.165, 1.54) is 29.6 Å². The van der Waals surface area contributed by atoms with E-state index in [0.717, 1.165) is 5.56 Å². The molecule has 9 nitrogen and oxygen atoms in total. The van der Waals surface area contributed by atoms with Crippen LogP contribution < -0.4 is 10.1 Å². The third-order valence-electron chi connectivity index (χ3n) is 6.08. The Morgan fingerprint density at radius 3 is 2.64 bits per heavy atom. The molecule has 1 N–H and O–H groups in total. The van der Waals surface area contributed by atoms with E-state index in [1.807, 2.05) is 38.1 Å². The van der Waals surface area contributed by atoms with Gasteiger partial charge in [-0.1, -0.05) is 42.7 Å². The maximum atomic E-state index is 13.2. The van der Waals surface area contributed by atoms with Gasteiger partial charge < -0.3 is 14.6 Å². The van der Waals surface area contributed by atoms with Gasteiger partial charge in [0.2, 0.25) is 21.8 Å². The minimum Gasteiger partial charge on any atom is -0.495 e. The molecule has 1 aromatic heterocycles. The zero-order valence-electron chi connectivity index (χ0n) is 20.4. The molecule has 3 aromatic rings. The van der Waals surface area contributed by atoms with E-state index in [0.29, 0.717) is 49.0 Å². The summed E-state index contributed by atoms with van der Waals surface area (Å²) < 4.78 is 38.0. The van der Waals surface area contributed by atoms with Gasteiger partial charge in [0.15, 0.2) is 5.82 Å². The Hall–Kier alpha value is -2.95. The zero-order chi connectivity index (χ0) is 25.9. The number of nitrogens with one attached hydrogen (secondary N) is 1. The predicted octanol–water partition coefficient (Wildman–Crippen LogP) is 4.49. The SMILES string of the molecule is COc1ccc(S(=O)(=O)N2CCC[C@@H](C(=O)Nc3ccc(Cc4noc(C(C)C)n4)cc3)C2)cc1Cl. The number of hydrogen-bond acceptors (Lipinski definition) is 7. The lowest BCUT2D eigenvalue weighted by molar-refractivity contribution is -0.120. The molecule has 1 saturated heterocycles. The van der Waals surface area contributed by atoms with Crippen molar-refractivity contribution in [2.24, 2.45) is 5.92 Å². The maximum Gasteiger partial charge on any atom is 0.243 e. The van der Waals surface area contributed by atoms with Crippen LogP contribution in [0.3, 0.4) is 0 Å². The summed E-state index contributed by atoms with van der Waals surface area (Å²) in [6.45, 7) is 4.43. The molecular formula is C25H29ClN4O5S. The molecule has 1 aliphatic heterocycles. The van der Waals surface area contributed by atoms with E-state index in [2.05, 4.69) is 15.5 Å². The van der Waals surface area contributed by atoms with E-state index in [9.17, 15) is 13.2 Å². The standard InChI is InChI=1S/C25H29ClN4O5S/c1-16(2)25-28-23(29-35-25)13-17-6-8-19(9-7-17)27-24(31)18-5-4-12-30(15-18)36(32,33)20-10-11-22(34-3)21(26)14-20/h6-11,14,16,18H,4-5,12-13,15H2,1-3H3,(H,27,31)/t18-/m1/s1. The van der Waals surface area contributed by atoms with Crippen molar-refractivity contribution < 1.29 is 22.5 Å². The van der Waals surface area contributed by atoms with Gasteiger partial charge in [0.25, 0.3) is 0 Å². The quantitative estimate of drug-likeness (QED) is 0.454. The van der Waals surface area contributed by atoms with Crippen LogP contribution in [0.15, 0.2) is 51.9 Å². The molecule has 4 rings (SSSR count). The van der Waals surface area contributed by atoms with Gasteiger partial charge in [-0.2, -0.15) is 9.29 Å². The van der Waals surface area contributed by atoms with Crippen LogP contribution >= 0.6 is 11.6 Å². The fraction of sp³-hybridized carbons (Fsp3) is 0.400. The highest BCUT2D eigenvalue weighted by atomic mass is 35.5. The maximum absolute atomic E-state index is 13.2. The fourth-order valence-electron chi connectivity index (χ4n) is 4.04. The van der Waals surface area contributed by atoms with Crippen molar-refractivity contribution in [3.05, 3.63) is 64.8 Å². The van der Waals surface area contributed by atoms with E-state index in [-0.39, 0.29) is 28.3 Å². The first-order chi connectivity index (χ1) is 17.2. The molecule has 0 bridgehead atoms. The number of rotatable bonds is 8. The molecule has 2 aromatic carbocycles. The van der Waals surface area contributed by atoms with Crippen molar-refractivity contribution >= 4 is 33.2 Å². The van der Waals surface area contributed by atoms with Crippen LogP contribution in [-0.2, 0) is 21.2 Å². The van der Waals surface area contributed by atoms with Gasteiger partial charge in [-0.25, -0.2) is 8.42 Å². The first-order valence-electron chi connectivity index (χ1n) is 11.7. The minimum atomic E-state index is -3.79. The number of sulfonamides is 1. The molecule has 0 saturated carbocycles. The highest BCUT2D eigenvalue weighted by molar-refractivity contribution is 7.89. The highest BCUT2D eigenvalue weighted by Crippen LogP contribution is 2.30. The Morgan fingerprint density at radius 1 is 1.25 bits per heavy atom.